The van der Waals surface area contributed by atoms with Gasteiger partial charge in [0.1, 0.15) is 6.10 Å². The van der Waals surface area contributed by atoms with Gasteiger partial charge in [-0.15, -0.1) is 11.3 Å². The zero-order valence-corrected chi connectivity index (χ0v) is 10.4. The maximum atomic E-state index is 9.87. The van der Waals surface area contributed by atoms with E-state index in [-0.39, 0.29) is 0 Å². The van der Waals surface area contributed by atoms with Crippen LogP contribution in [-0.2, 0) is 0 Å². The Hall–Kier alpha value is -1.11. The Kier molecular flexibility index (Phi) is 3.42. The van der Waals surface area contributed by atoms with Crippen LogP contribution in [-0.4, -0.2) is 21.6 Å². The average Bonchev–Trinajstić information content (AvgIpc) is 2.84. The monoisotopic (exact) mass is 255 g/mol. The number of anilines is 1. The van der Waals surface area contributed by atoms with Crippen molar-refractivity contribution >= 4 is 28.6 Å². The molecule has 0 fully saturated rings. The zero-order chi connectivity index (χ0) is 11.5. The third kappa shape index (κ3) is 2.52. The highest BCUT2D eigenvalue weighted by atomic mass is 32.1. The topological polar surface area (TPSA) is 63.8 Å². The number of aromatic nitrogens is 2. The molecule has 86 valence electrons. The first-order valence-electron chi connectivity index (χ1n) is 4.90. The van der Waals surface area contributed by atoms with E-state index in [1.807, 2.05) is 18.4 Å². The molecule has 0 spiro atoms. The lowest BCUT2D eigenvalue weighted by Gasteiger charge is -2.10. The number of H-pyrrole nitrogens is 2. The van der Waals surface area contributed by atoms with Crippen LogP contribution in [0.15, 0.2) is 17.6 Å². The molecule has 0 aliphatic heterocycles. The van der Waals surface area contributed by atoms with E-state index in [0.717, 1.165) is 5.00 Å². The molecule has 2 rings (SSSR count). The number of thiophene rings is 1. The Bertz CT molecular complexity index is 514. The SMILES string of the molecule is Cc1ccsc1NCC(O)c1c[nH]c(=S)[nH]1. The summed E-state index contributed by atoms with van der Waals surface area (Å²) in [5.41, 5.74) is 1.89. The molecule has 0 radical (unpaired) electrons. The van der Waals surface area contributed by atoms with Crippen molar-refractivity contribution in [3.63, 3.8) is 0 Å². The zero-order valence-electron chi connectivity index (χ0n) is 8.78. The van der Waals surface area contributed by atoms with Gasteiger partial charge >= 0.3 is 0 Å². The van der Waals surface area contributed by atoms with Gasteiger partial charge in [-0.3, -0.25) is 0 Å². The van der Waals surface area contributed by atoms with Crippen LogP contribution < -0.4 is 5.32 Å². The van der Waals surface area contributed by atoms with Gasteiger partial charge in [0.25, 0.3) is 0 Å². The predicted molar refractivity (Wildman–Crippen MR) is 68.5 cm³/mol. The molecule has 0 saturated heterocycles. The van der Waals surface area contributed by atoms with Crippen LogP contribution in [0.2, 0.25) is 0 Å². The van der Waals surface area contributed by atoms with Crippen LogP contribution in [0.3, 0.4) is 0 Å². The quantitative estimate of drug-likeness (QED) is 0.635. The van der Waals surface area contributed by atoms with E-state index in [1.165, 1.54) is 5.56 Å². The van der Waals surface area contributed by atoms with Gasteiger partial charge in [0.05, 0.1) is 10.7 Å². The van der Waals surface area contributed by atoms with Gasteiger partial charge in [-0.05, 0) is 36.2 Å². The summed E-state index contributed by atoms with van der Waals surface area (Å²) in [4.78, 5) is 5.72. The molecule has 0 amide bonds. The third-order valence-corrected chi connectivity index (χ3v) is 3.49. The molecule has 2 heterocycles. The number of rotatable bonds is 4. The number of aromatic amines is 2. The summed E-state index contributed by atoms with van der Waals surface area (Å²) in [7, 11) is 0. The van der Waals surface area contributed by atoms with E-state index >= 15 is 0 Å². The van der Waals surface area contributed by atoms with Gasteiger partial charge < -0.3 is 20.4 Å². The normalized spacial score (nSPS) is 12.6. The third-order valence-electron chi connectivity index (χ3n) is 2.29. The summed E-state index contributed by atoms with van der Waals surface area (Å²) in [6, 6.07) is 2.04. The van der Waals surface area contributed by atoms with Crippen LogP contribution in [0.4, 0.5) is 5.00 Å². The van der Waals surface area contributed by atoms with E-state index in [4.69, 9.17) is 12.2 Å². The number of hydrogen-bond acceptors (Lipinski definition) is 4. The summed E-state index contributed by atoms with van der Waals surface area (Å²) in [5, 5.41) is 16.2. The van der Waals surface area contributed by atoms with Crippen LogP contribution >= 0.6 is 23.6 Å². The number of aryl methyl sites for hydroxylation is 1. The van der Waals surface area contributed by atoms with Crippen molar-refractivity contribution in [3.8, 4) is 0 Å². The molecule has 6 heteroatoms. The molecule has 0 aliphatic carbocycles. The average molecular weight is 255 g/mol. The Morgan fingerprint density at radius 3 is 3.00 bits per heavy atom. The van der Waals surface area contributed by atoms with E-state index in [2.05, 4.69) is 15.3 Å². The summed E-state index contributed by atoms with van der Waals surface area (Å²) >= 11 is 6.53. The lowest BCUT2D eigenvalue weighted by Crippen LogP contribution is -2.12. The van der Waals surface area contributed by atoms with Crippen molar-refractivity contribution in [3.05, 3.63) is 33.7 Å². The minimum atomic E-state index is -0.588. The first kappa shape index (κ1) is 11.4. The number of aliphatic hydroxyl groups is 1. The van der Waals surface area contributed by atoms with Gasteiger partial charge in [-0.2, -0.15) is 0 Å². The van der Waals surface area contributed by atoms with Crippen molar-refractivity contribution in [1.29, 1.82) is 0 Å². The molecular weight excluding hydrogens is 242 g/mol. The molecule has 2 aromatic rings. The minimum Gasteiger partial charge on any atom is -0.385 e. The Morgan fingerprint density at radius 2 is 2.44 bits per heavy atom. The lowest BCUT2D eigenvalue weighted by molar-refractivity contribution is 0.187. The minimum absolute atomic E-state index is 0.463. The number of imidazole rings is 1. The number of nitrogens with one attached hydrogen (secondary N) is 3. The molecule has 0 bridgehead atoms. The first-order chi connectivity index (χ1) is 7.66. The molecule has 0 aliphatic rings. The summed E-state index contributed by atoms with van der Waals surface area (Å²) in [5.74, 6) is 0. The Labute approximate surface area is 102 Å². The second kappa shape index (κ2) is 4.82. The molecular formula is C10H13N3OS2. The predicted octanol–water partition coefficient (Wildman–Crippen LogP) is 2.59. The Balaban J connectivity index is 1.96. The summed E-state index contributed by atoms with van der Waals surface area (Å²) in [6.45, 7) is 2.50. The smallest absolute Gasteiger partial charge is 0.174 e. The van der Waals surface area contributed by atoms with E-state index in [1.54, 1.807) is 17.5 Å². The lowest BCUT2D eigenvalue weighted by atomic mass is 10.2. The Morgan fingerprint density at radius 1 is 1.62 bits per heavy atom. The highest BCUT2D eigenvalue weighted by Crippen LogP contribution is 2.22. The molecule has 1 unspecified atom stereocenters. The molecule has 0 aromatic carbocycles. The molecule has 2 aromatic heterocycles. The van der Waals surface area contributed by atoms with Crippen molar-refractivity contribution in [2.24, 2.45) is 0 Å². The standard InChI is InChI=1S/C10H13N3OS2/c1-6-2-3-16-9(6)11-5-8(14)7-4-12-10(15)13-7/h2-4,8,11,14H,5H2,1H3,(H2,12,13,15). The van der Waals surface area contributed by atoms with Crippen LogP contribution in [0, 0.1) is 11.7 Å². The largest absolute Gasteiger partial charge is 0.385 e. The van der Waals surface area contributed by atoms with Crippen LogP contribution in [0.5, 0.6) is 0 Å². The number of aliphatic hydroxyl groups excluding tert-OH is 1. The van der Waals surface area contributed by atoms with Crippen molar-refractivity contribution in [1.82, 2.24) is 9.97 Å². The van der Waals surface area contributed by atoms with Gasteiger partial charge in [-0.25, -0.2) is 0 Å². The van der Waals surface area contributed by atoms with Gasteiger partial charge in [0.15, 0.2) is 4.77 Å². The van der Waals surface area contributed by atoms with E-state index < -0.39 is 6.10 Å². The first-order valence-corrected chi connectivity index (χ1v) is 6.19. The second-order valence-corrected chi connectivity index (χ2v) is 4.85. The van der Waals surface area contributed by atoms with Crippen LogP contribution in [0.25, 0.3) is 0 Å². The maximum absolute atomic E-state index is 9.87. The van der Waals surface area contributed by atoms with Crippen LogP contribution in [0.1, 0.15) is 17.4 Å². The fourth-order valence-corrected chi connectivity index (χ4v) is 2.38. The van der Waals surface area contributed by atoms with Crippen molar-refractivity contribution < 1.29 is 5.11 Å². The van der Waals surface area contributed by atoms with Crippen molar-refractivity contribution in [2.75, 3.05) is 11.9 Å². The maximum Gasteiger partial charge on any atom is 0.174 e. The van der Waals surface area contributed by atoms with Gasteiger partial charge in [0.2, 0.25) is 0 Å². The highest BCUT2D eigenvalue weighted by Gasteiger charge is 2.09. The fraction of sp³-hybridized carbons (Fsp3) is 0.300. The van der Waals surface area contributed by atoms with Crippen molar-refractivity contribution in [2.45, 2.75) is 13.0 Å². The molecule has 0 saturated carbocycles. The fourth-order valence-electron chi connectivity index (χ4n) is 1.38. The molecule has 4 N–H and O–H groups in total. The number of hydrogen-bond donors (Lipinski definition) is 4. The van der Waals surface area contributed by atoms with Gasteiger partial charge in [0, 0.05) is 12.7 Å². The van der Waals surface area contributed by atoms with E-state index in [9.17, 15) is 5.11 Å². The molecule has 1 atom stereocenters. The highest BCUT2D eigenvalue weighted by molar-refractivity contribution is 7.71. The summed E-state index contributed by atoms with van der Waals surface area (Å²) in [6.07, 6.45) is 1.10. The second-order valence-electron chi connectivity index (χ2n) is 3.53. The molecule has 4 nitrogen and oxygen atoms in total. The van der Waals surface area contributed by atoms with E-state index in [0.29, 0.717) is 17.0 Å². The summed E-state index contributed by atoms with van der Waals surface area (Å²) < 4.78 is 0.529. The van der Waals surface area contributed by atoms with Gasteiger partial charge in [-0.1, -0.05) is 0 Å². The molecule has 16 heavy (non-hydrogen) atoms.